The Hall–Kier alpha value is -3.22. The molecule has 0 saturated heterocycles. The summed E-state index contributed by atoms with van der Waals surface area (Å²) in [6.07, 6.45) is 58.9. The molecule has 1 amide bonds. The van der Waals surface area contributed by atoms with Gasteiger partial charge in [-0.25, -0.2) is 0 Å². The Balaban J connectivity index is 4.73. The van der Waals surface area contributed by atoms with E-state index in [-0.39, 0.29) is 24.9 Å². The van der Waals surface area contributed by atoms with Crippen LogP contribution in [0.25, 0.3) is 0 Å². The lowest BCUT2D eigenvalue weighted by Gasteiger charge is -2.24. The van der Waals surface area contributed by atoms with E-state index in [9.17, 15) is 19.8 Å². The molecule has 6 heteroatoms. The van der Waals surface area contributed by atoms with Crippen LogP contribution < -0.4 is 5.32 Å². The van der Waals surface area contributed by atoms with Crippen LogP contribution in [0.1, 0.15) is 194 Å². The third-order valence-electron chi connectivity index (χ3n) is 10.1. The molecule has 0 aromatic carbocycles. The van der Waals surface area contributed by atoms with Gasteiger partial charge in [0.05, 0.1) is 25.2 Å². The maximum absolute atomic E-state index is 13.1. The molecule has 0 radical (unpaired) electrons. The number of hydrogen-bond donors (Lipinski definition) is 3. The van der Waals surface area contributed by atoms with Crippen LogP contribution >= 0.6 is 0 Å². The average Bonchev–Trinajstić information content (AvgIpc) is 3.22. The first-order chi connectivity index (χ1) is 28.5. The summed E-state index contributed by atoms with van der Waals surface area (Å²) in [4.78, 5) is 26.0. The van der Waals surface area contributed by atoms with E-state index in [1.54, 1.807) is 0 Å². The van der Waals surface area contributed by atoms with Crippen molar-refractivity contribution in [2.45, 2.75) is 212 Å². The van der Waals surface area contributed by atoms with Crippen molar-refractivity contribution in [3.63, 3.8) is 0 Å². The molecule has 0 aromatic rings. The van der Waals surface area contributed by atoms with Crippen LogP contribution in [0.3, 0.4) is 0 Å². The highest BCUT2D eigenvalue weighted by Crippen LogP contribution is 2.17. The van der Waals surface area contributed by atoms with Gasteiger partial charge in [-0.3, -0.25) is 9.59 Å². The molecule has 0 heterocycles. The first-order valence-electron chi connectivity index (χ1n) is 23.6. The van der Waals surface area contributed by atoms with Gasteiger partial charge in [-0.2, -0.15) is 0 Å². The van der Waals surface area contributed by atoms with Crippen LogP contribution in [0.15, 0.2) is 97.2 Å². The number of esters is 1. The fourth-order valence-electron chi connectivity index (χ4n) is 6.57. The highest BCUT2D eigenvalue weighted by molar-refractivity contribution is 5.77. The molecule has 0 fully saturated rings. The molecule has 58 heavy (non-hydrogen) atoms. The van der Waals surface area contributed by atoms with Crippen LogP contribution in [0.4, 0.5) is 0 Å². The molecule has 330 valence electrons. The van der Waals surface area contributed by atoms with Gasteiger partial charge in [-0.1, -0.05) is 214 Å². The predicted molar refractivity (Wildman–Crippen MR) is 250 cm³/mol. The van der Waals surface area contributed by atoms with Crippen molar-refractivity contribution in [3.8, 4) is 0 Å². The van der Waals surface area contributed by atoms with Crippen molar-refractivity contribution in [1.82, 2.24) is 5.32 Å². The number of carbonyl (C=O) groups is 2. The smallest absolute Gasteiger partial charge is 0.306 e. The first-order valence-corrected chi connectivity index (χ1v) is 23.6. The second-order valence-electron chi connectivity index (χ2n) is 15.6. The lowest BCUT2D eigenvalue weighted by molar-refractivity contribution is -0.151. The number of aliphatic hydroxyl groups excluding tert-OH is 2. The van der Waals surface area contributed by atoms with E-state index in [4.69, 9.17) is 4.74 Å². The number of carbonyl (C=O) groups excluding carboxylic acids is 2. The van der Waals surface area contributed by atoms with Gasteiger partial charge in [0.1, 0.15) is 6.10 Å². The van der Waals surface area contributed by atoms with Gasteiger partial charge in [0.15, 0.2) is 0 Å². The monoisotopic (exact) mass is 806 g/mol. The number of hydrogen-bond acceptors (Lipinski definition) is 5. The molecule has 0 aliphatic heterocycles. The number of nitrogens with one attached hydrogen (secondary N) is 1. The minimum atomic E-state index is -0.807. The summed E-state index contributed by atoms with van der Waals surface area (Å²) in [5, 5.41) is 23.6. The summed E-state index contributed by atoms with van der Waals surface area (Å²) >= 11 is 0. The Labute approximate surface area is 356 Å². The number of amides is 1. The van der Waals surface area contributed by atoms with Crippen molar-refractivity contribution in [2.24, 2.45) is 0 Å². The van der Waals surface area contributed by atoms with E-state index in [2.05, 4.69) is 74.7 Å². The van der Waals surface area contributed by atoms with Crippen molar-refractivity contribution in [3.05, 3.63) is 97.2 Å². The van der Waals surface area contributed by atoms with Crippen molar-refractivity contribution < 1.29 is 24.5 Å². The minimum Gasteiger partial charge on any atom is -0.462 e. The zero-order chi connectivity index (χ0) is 42.4. The summed E-state index contributed by atoms with van der Waals surface area (Å²) in [5.74, 6) is -0.551. The van der Waals surface area contributed by atoms with Crippen LogP contribution in [0.5, 0.6) is 0 Å². The molecule has 3 atom stereocenters. The van der Waals surface area contributed by atoms with Gasteiger partial charge in [-0.05, 0) is 64.2 Å². The SMILES string of the molecule is CC/C=C/C=C/C=C/C=C\CCCCCCCC(=O)OC(CCCCC\C=C/C=C/C=C/C=C/CC)CC(=O)NC(CO)C(O)CCCCCCCCCCCCC. The molecule has 3 N–H and O–H groups in total. The predicted octanol–water partition coefficient (Wildman–Crippen LogP) is 13.8. The molecule has 0 rings (SSSR count). The molecule has 0 aliphatic carbocycles. The van der Waals surface area contributed by atoms with Gasteiger partial charge in [-0.15, -0.1) is 0 Å². The Morgan fingerprint density at radius 3 is 1.43 bits per heavy atom. The van der Waals surface area contributed by atoms with E-state index in [1.165, 1.54) is 51.4 Å². The Morgan fingerprint density at radius 2 is 0.931 bits per heavy atom. The first kappa shape index (κ1) is 54.8. The van der Waals surface area contributed by atoms with Crippen LogP contribution in [-0.4, -0.2) is 46.9 Å². The quantitative estimate of drug-likeness (QED) is 0.0326. The van der Waals surface area contributed by atoms with E-state index < -0.39 is 18.2 Å². The van der Waals surface area contributed by atoms with Gasteiger partial charge in [0.2, 0.25) is 5.91 Å². The topological polar surface area (TPSA) is 95.9 Å². The molecule has 0 bridgehead atoms. The second-order valence-corrected chi connectivity index (χ2v) is 15.6. The summed E-state index contributed by atoms with van der Waals surface area (Å²) in [7, 11) is 0. The number of allylic oxidation sites excluding steroid dienone is 16. The fraction of sp³-hybridized carbons (Fsp3) is 0.654. The molecule has 3 unspecified atom stereocenters. The molecule has 0 aliphatic rings. The lowest BCUT2D eigenvalue weighted by Crippen LogP contribution is -2.46. The van der Waals surface area contributed by atoms with Gasteiger partial charge < -0.3 is 20.3 Å². The van der Waals surface area contributed by atoms with Crippen LogP contribution in [-0.2, 0) is 14.3 Å². The third kappa shape index (κ3) is 39.6. The van der Waals surface area contributed by atoms with Crippen LogP contribution in [0, 0.1) is 0 Å². The third-order valence-corrected chi connectivity index (χ3v) is 10.1. The highest BCUT2D eigenvalue weighted by atomic mass is 16.5. The summed E-state index contributed by atoms with van der Waals surface area (Å²) in [6.45, 7) is 6.16. The standard InChI is InChI=1S/C52H87NO5/c1-4-7-10-13-16-19-22-24-25-27-30-33-36-39-42-45-52(57)58-48(43-40-37-34-31-29-26-23-20-17-14-11-8-5-2)46-51(56)53-49(47-54)50(55)44-41-38-35-32-28-21-18-15-12-9-6-3/h7-8,10-11,13-14,16-17,19-20,22-26,29,48-50,54-55H,4-6,9,12,15,18,21,27-28,30-47H2,1-3H3,(H,53,56)/b10-7+,11-8+,16-13+,17-14+,22-19+,23-20+,25-24-,29-26-. The Bertz CT molecular complexity index is 1180. The zero-order valence-electron chi connectivity index (χ0n) is 37.4. The van der Waals surface area contributed by atoms with Crippen molar-refractivity contribution in [2.75, 3.05) is 6.61 Å². The normalized spacial score (nSPS) is 14.2. The largest absolute Gasteiger partial charge is 0.462 e. The highest BCUT2D eigenvalue weighted by Gasteiger charge is 2.24. The van der Waals surface area contributed by atoms with E-state index >= 15 is 0 Å². The van der Waals surface area contributed by atoms with Crippen molar-refractivity contribution >= 4 is 11.9 Å². The summed E-state index contributed by atoms with van der Waals surface area (Å²) < 4.78 is 5.88. The van der Waals surface area contributed by atoms with Crippen LogP contribution in [0.2, 0.25) is 0 Å². The van der Waals surface area contributed by atoms with Gasteiger partial charge >= 0.3 is 5.97 Å². The van der Waals surface area contributed by atoms with E-state index in [1.807, 2.05) is 48.6 Å². The van der Waals surface area contributed by atoms with Gasteiger partial charge in [0, 0.05) is 6.42 Å². The molecular formula is C52H87NO5. The summed E-state index contributed by atoms with van der Waals surface area (Å²) in [5.41, 5.74) is 0. The van der Waals surface area contributed by atoms with Gasteiger partial charge in [0.25, 0.3) is 0 Å². The maximum atomic E-state index is 13.1. The minimum absolute atomic E-state index is 0.0357. The van der Waals surface area contributed by atoms with Crippen molar-refractivity contribution in [1.29, 1.82) is 0 Å². The van der Waals surface area contributed by atoms with E-state index in [0.717, 1.165) is 96.3 Å². The molecule has 6 nitrogen and oxygen atoms in total. The fourth-order valence-corrected chi connectivity index (χ4v) is 6.57. The zero-order valence-corrected chi connectivity index (χ0v) is 37.4. The number of unbranched alkanes of at least 4 members (excludes halogenated alkanes) is 18. The molecule has 0 saturated carbocycles. The number of aliphatic hydroxyl groups is 2. The Morgan fingerprint density at radius 1 is 0.517 bits per heavy atom. The Kier molecular flexibility index (Phi) is 42.4. The van der Waals surface area contributed by atoms with E-state index in [0.29, 0.717) is 19.3 Å². The maximum Gasteiger partial charge on any atom is 0.306 e. The molecule has 0 spiro atoms. The lowest BCUT2D eigenvalue weighted by atomic mass is 10.0. The summed E-state index contributed by atoms with van der Waals surface area (Å²) in [6, 6.07) is -0.724. The molecular weight excluding hydrogens is 719 g/mol. The number of ether oxygens (including phenoxy) is 1. The number of rotatable bonds is 40. The second kappa shape index (κ2) is 44.9. The average molecular weight is 806 g/mol. The molecule has 0 aromatic heterocycles.